The SMILES string of the molecule is COC(=O)NC1CCN(c2ccc(OC)cc2N)C1. The molecule has 2 rings (SSSR count). The zero-order valence-corrected chi connectivity index (χ0v) is 11.2. The molecule has 1 fully saturated rings. The molecule has 0 saturated carbocycles. The van der Waals surface area contributed by atoms with Crippen molar-refractivity contribution in [3.05, 3.63) is 18.2 Å². The number of amides is 1. The Hall–Kier alpha value is -2.11. The standard InChI is InChI=1S/C13H19N3O3/c1-18-10-3-4-12(11(14)7-10)16-6-5-9(8-16)15-13(17)19-2/h3-4,7,9H,5-6,8,14H2,1-2H3,(H,15,17). The fourth-order valence-electron chi connectivity index (χ4n) is 2.27. The summed E-state index contributed by atoms with van der Waals surface area (Å²) in [5.74, 6) is 0.740. The van der Waals surface area contributed by atoms with Crippen LogP contribution in [0.2, 0.25) is 0 Å². The number of benzene rings is 1. The first-order valence-electron chi connectivity index (χ1n) is 6.17. The molecule has 104 valence electrons. The minimum Gasteiger partial charge on any atom is -0.497 e. The lowest BCUT2D eigenvalue weighted by molar-refractivity contribution is 0.167. The molecule has 1 heterocycles. The van der Waals surface area contributed by atoms with E-state index < -0.39 is 6.09 Å². The highest BCUT2D eigenvalue weighted by Gasteiger charge is 2.25. The molecule has 1 saturated heterocycles. The lowest BCUT2D eigenvalue weighted by Crippen LogP contribution is -2.37. The van der Waals surface area contributed by atoms with Crippen molar-refractivity contribution >= 4 is 17.5 Å². The van der Waals surface area contributed by atoms with Crippen molar-refractivity contribution < 1.29 is 14.3 Å². The van der Waals surface area contributed by atoms with Crippen molar-refractivity contribution in [1.82, 2.24) is 5.32 Å². The minimum absolute atomic E-state index is 0.0916. The third kappa shape index (κ3) is 3.01. The van der Waals surface area contributed by atoms with E-state index in [1.807, 2.05) is 12.1 Å². The molecule has 1 amide bonds. The van der Waals surface area contributed by atoms with Gasteiger partial charge in [-0.3, -0.25) is 0 Å². The molecule has 1 aliphatic rings. The predicted octanol–water partition coefficient (Wildman–Crippen LogP) is 1.21. The molecule has 1 unspecified atom stereocenters. The van der Waals surface area contributed by atoms with Gasteiger partial charge in [0.25, 0.3) is 0 Å². The van der Waals surface area contributed by atoms with Crippen molar-refractivity contribution in [2.45, 2.75) is 12.5 Å². The second-order valence-electron chi connectivity index (χ2n) is 4.49. The molecule has 0 radical (unpaired) electrons. The molecule has 19 heavy (non-hydrogen) atoms. The first-order chi connectivity index (χ1) is 9.13. The number of carbonyl (C=O) groups is 1. The predicted molar refractivity (Wildman–Crippen MR) is 73.6 cm³/mol. The Labute approximate surface area is 112 Å². The van der Waals surface area contributed by atoms with Gasteiger partial charge in [-0.05, 0) is 18.6 Å². The number of nitrogens with two attached hydrogens (primary N) is 1. The second-order valence-corrected chi connectivity index (χ2v) is 4.49. The highest BCUT2D eigenvalue weighted by Crippen LogP contribution is 2.30. The van der Waals surface area contributed by atoms with Gasteiger partial charge in [-0.2, -0.15) is 0 Å². The number of anilines is 2. The molecular formula is C13H19N3O3. The van der Waals surface area contributed by atoms with Gasteiger partial charge >= 0.3 is 6.09 Å². The summed E-state index contributed by atoms with van der Waals surface area (Å²) < 4.78 is 9.73. The first-order valence-corrected chi connectivity index (χ1v) is 6.17. The summed E-state index contributed by atoms with van der Waals surface area (Å²) in [5, 5.41) is 2.80. The van der Waals surface area contributed by atoms with Crippen LogP contribution in [0.15, 0.2) is 18.2 Å². The number of methoxy groups -OCH3 is 2. The smallest absolute Gasteiger partial charge is 0.407 e. The average molecular weight is 265 g/mol. The van der Waals surface area contributed by atoms with Crippen LogP contribution in [0.25, 0.3) is 0 Å². The fourth-order valence-corrected chi connectivity index (χ4v) is 2.27. The topological polar surface area (TPSA) is 76.8 Å². The zero-order chi connectivity index (χ0) is 13.8. The summed E-state index contributed by atoms with van der Waals surface area (Å²) in [6.45, 7) is 1.58. The summed E-state index contributed by atoms with van der Waals surface area (Å²) in [6, 6.07) is 5.71. The molecule has 6 nitrogen and oxygen atoms in total. The number of hydrogen-bond acceptors (Lipinski definition) is 5. The largest absolute Gasteiger partial charge is 0.497 e. The van der Waals surface area contributed by atoms with Crippen LogP contribution in [0.5, 0.6) is 5.75 Å². The number of ether oxygens (including phenoxy) is 2. The molecule has 1 aromatic rings. The highest BCUT2D eigenvalue weighted by atomic mass is 16.5. The molecule has 6 heteroatoms. The van der Waals surface area contributed by atoms with E-state index in [4.69, 9.17) is 10.5 Å². The normalized spacial score (nSPS) is 18.2. The van der Waals surface area contributed by atoms with Gasteiger partial charge in [0.15, 0.2) is 0 Å². The number of alkyl carbamates (subject to hydrolysis) is 1. The van der Waals surface area contributed by atoms with E-state index in [0.717, 1.165) is 30.9 Å². The summed E-state index contributed by atoms with van der Waals surface area (Å²) in [5.41, 5.74) is 7.66. The molecule has 1 aliphatic heterocycles. The van der Waals surface area contributed by atoms with Crippen molar-refractivity contribution in [2.75, 3.05) is 37.9 Å². The second kappa shape index (κ2) is 5.69. The van der Waals surface area contributed by atoms with Crippen molar-refractivity contribution in [3.8, 4) is 5.75 Å². The fraction of sp³-hybridized carbons (Fsp3) is 0.462. The lowest BCUT2D eigenvalue weighted by Gasteiger charge is -2.21. The van der Waals surface area contributed by atoms with Crippen LogP contribution in [0, 0.1) is 0 Å². The number of nitrogen functional groups attached to an aromatic ring is 1. The highest BCUT2D eigenvalue weighted by molar-refractivity contribution is 5.71. The molecule has 0 spiro atoms. The number of hydrogen-bond donors (Lipinski definition) is 2. The van der Waals surface area contributed by atoms with Crippen LogP contribution in [0.1, 0.15) is 6.42 Å². The monoisotopic (exact) mass is 265 g/mol. The molecular weight excluding hydrogens is 246 g/mol. The third-order valence-electron chi connectivity index (χ3n) is 3.27. The molecule has 0 aliphatic carbocycles. The van der Waals surface area contributed by atoms with Gasteiger partial charge in [0.05, 0.1) is 31.6 Å². The van der Waals surface area contributed by atoms with E-state index in [0.29, 0.717) is 5.69 Å². The molecule has 1 aromatic carbocycles. The van der Waals surface area contributed by atoms with E-state index >= 15 is 0 Å². The maximum atomic E-state index is 11.2. The molecule has 0 aromatic heterocycles. The van der Waals surface area contributed by atoms with Gasteiger partial charge in [-0.1, -0.05) is 0 Å². The Bertz CT molecular complexity index is 464. The van der Waals surface area contributed by atoms with Crippen LogP contribution in [0.3, 0.4) is 0 Å². The van der Waals surface area contributed by atoms with E-state index in [2.05, 4.69) is 15.0 Å². The van der Waals surface area contributed by atoms with E-state index in [1.54, 1.807) is 13.2 Å². The Morgan fingerprint density at radius 1 is 1.47 bits per heavy atom. The van der Waals surface area contributed by atoms with Crippen LogP contribution < -0.4 is 20.7 Å². The maximum Gasteiger partial charge on any atom is 0.407 e. The van der Waals surface area contributed by atoms with Crippen molar-refractivity contribution in [2.24, 2.45) is 0 Å². The first kappa shape index (κ1) is 13.3. The van der Waals surface area contributed by atoms with Gasteiger partial charge in [0, 0.05) is 19.2 Å². The van der Waals surface area contributed by atoms with Crippen molar-refractivity contribution in [3.63, 3.8) is 0 Å². The van der Waals surface area contributed by atoms with Gasteiger partial charge in [-0.25, -0.2) is 4.79 Å². The van der Waals surface area contributed by atoms with E-state index in [9.17, 15) is 4.79 Å². The number of carbonyl (C=O) groups excluding carboxylic acids is 1. The van der Waals surface area contributed by atoms with Gasteiger partial charge < -0.3 is 25.4 Å². The van der Waals surface area contributed by atoms with Crippen LogP contribution >= 0.6 is 0 Å². The van der Waals surface area contributed by atoms with Gasteiger partial charge in [-0.15, -0.1) is 0 Å². The Balaban J connectivity index is 2.02. The molecule has 1 atom stereocenters. The third-order valence-corrected chi connectivity index (χ3v) is 3.27. The Morgan fingerprint density at radius 2 is 2.26 bits per heavy atom. The van der Waals surface area contributed by atoms with Crippen molar-refractivity contribution in [1.29, 1.82) is 0 Å². The van der Waals surface area contributed by atoms with Gasteiger partial charge in [0.2, 0.25) is 0 Å². The number of nitrogens with zero attached hydrogens (tertiary/aromatic N) is 1. The molecule has 0 bridgehead atoms. The number of nitrogens with one attached hydrogen (secondary N) is 1. The summed E-state index contributed by atoms with van der Waals surface area (Å²) >= 11 is 0. The van der Waals surface area contributed by atoms with E-state index in [-0.39, 0.29) is 6.04 Å². The quantitative estimate of drug-likeness (QED) is 0.803. The molecule has 3 N–H and O–H groups in total. The average Bonchev–Trinajstić information content (AvgIpc) is 2.86. The Morgan fingerprint density at radius 3 is 2.89 bits per heavy atom. The minimum atomic E-state index is -0.394. The maximum absolute atomic E-state index is 11.2. The summed E-state index contributed by atoms with van der Waals surface area (Å²) in [7, 11) is 2.98. The number of rotatable bonds is 3. The summed E-state index contributed by atoms with van der Waals surface area (Å²) in [4.78, 5) is 13.3. The van der Waals surface area contributed by atoms with Gasteiger partial charge in [0.1, 0.15) is 5.75 Å². The van der Waals surface area contributed by atoms with Crippen LogP contribution in [-0.4, -0.2) is 39.4 Å². The van der Waals surface area contributed by atoms with E-state index in [1.165, 1.54) is 7.11 Å². The zero-order valence-electron chi connectivity index (χ0n) is 11.2. The van der Waals surface area contributed by atoms with Crippen LogP contribution in [-0.2, 0) is 4.74 Å². The Kier molecular flexibility index (Phi) is 3.99. The lowest BCUT2D eigenvalue weighted by atomic mass is 10.2. The van der Waals surface area contributed by atoms with Crippen LogP contribution in [0.4, 0.5) is 16.2 Å². The summed E-state index contributed by atoms with van der Waals surface area (Å²) in [6.07, 6.45) is 0.482.